The molecule has 60 heavy (non-hydrogen) atoms. The number of hydrogen-bond donors (Lipinski definition) is 0. The summed E-state index contributed by atoms with van der Waals surface area (Å²) >= 11 is 0. The lowest BCUT2D eigenvalue weighted by Gasteiger charge is -2.32. The summed E-state index contributed by atoms with van der Waals surface area (Å²) in [6, 6.07) is 75.9. The Labute approximate surface area is 347 Å². The van der Waals surface area contributed by atoms with Crippen LogP contribution in [0.3, 0.4) is 0 Å². The fourth-order valence-corrected chi connectivity index (χ4v) is 9.71. The van der Waals surface area contributed by atoms with Gasteiger partial charge in [-0.1, -0.05) is 170 Å². The second-order valence-electron chi connectivity index (χ2n) is 15.6. The first-order chi connectivity index (χ1) is 29.8. The Morgan fingerprint density at radius 2 is 1.08 bits per heavy atom. The number of rotatable bonds is 6. The molecule has 0 bridgehead atoms. The zero-order valence-corrected chi connectivity index (χ0v) is 32.6. The van der Waals surface area contributed by atoms with Crippen molar-refractivity contribution < 1.29 is 0 Å². The van der Waals surface area contributed by atoms with E-state index in [9.17, 15) is 0 Å². The summed E-state index contributed by atoms with van der Waals surface area (Å²) in [5.41, 5.74) is 14.1. The molecule has 0 aliphatic heterocycles. The van der Waals surface area contributed by atoms with Gasteiger partial charge < -0.3 is 0 Å². The van der Waals surface area contributed by atoms with E-state index in [0.29, 0.717) is 5.82 Å². The third kappa shape index (κ3) is 5.14. The lowest BCUT2D eigenvalue weighted by Crippen LogP contribution is -2.29. The Bertz CT molecular complexity index is 3310. The van der Waals surface area contributed by atoms with Crippen LogP contribution in [0.4, 0.5) is 0 Å². The molecule has 3 aromatic heterocycles. The molecule has 4 heteroatoms. The normalized spacial score (nSPS) is 14.4. The summed E-state index contributed by atoms with van der Waals surface area (Å²) < 4.78 is 2.32. The number of aromatic nitrogens is 4. The number of benzene rings is 8. The molecule has 0 spiro atoms. The minimum Gasteiger partial charge on any atom is -0.294 e. The number of fused-ring (bicyclic) bond motifs is 8. The fourth-order valence-electron chi connectivity index (χ4n) is 9.71. The van der Waals surface area contributed by atoms with E-state index in [2.05, 4.69) is 187 Å². The van der Waals surface area contributed by atoms with Crippen LogP contribution in [0, 0.1) is 0 Å². The molecule has 0 N–H and O–H groups in total. The zero-order chi connectivity index (χ0) is 39.6. The number of nitrogens with zero attached hydrogens (tertiary/aromatic N) is 4. The highest BCUT2D eigenvalue weighted by Gasteiger charge is 2.47. The van der Waals surface area contributed by atoms with Crippen LogP contribution in [-0.2, 0) is 5.41 Å². The van der Waals surface area contributed by atoms with Crippen molar-refractivity contribution in [2.45, 2.75) is 5.41 Å². The second-order valence-corrected chi connectivity index (χ2v) is 15.6. The lowest BCUT2D eigenvalue weighted by atomic mass is 9.70. The van der Waals surface area contributed by atoms with Crippen LogP contribution in [0.2, 0.25) is 0 Å². The predicted molar refractivity (Wildman–Crippen MR) is 245 cm³/mol. The zero-order valence-electron chi connectivity index (χ0n) is 32.6. The molecular formula is C56H36N4. The molecule has 12 rings (SSSR count). The van der Waals surface area contributed by atoms with Crippen molar-refractivity contribution in [3.05, 3.63) is 241 Å². The molecule has 3 heterocycles. The van der Waals surface area contributed by atoms with Crippen molar-refractivity contribution in [3.63, 3.8) is 0 Å². The second kappa shape index (κ2) is 13.6. The Hall–Kier alpha value is -7.95. The first kappa shape index (κ1) is 34.1. The van der Waals surface area contributed by atoms with Crippen LogP contribution in [0.1, 0.15) is 22.4 Å². The van der Waals surface area contributed by atoms with Crippen molar-refractivity contribution >= 4 is 32.6 Å². The van der Waals surface area contributed by atoms with E-state index < -0.39 is 5.41 Å². The molecule has 1 aliphatic carbocycles. The molecule has 280 valence electrons. The molecule has 4 nitrogen and oxygen atoms in total. The van der Waals surface area contributed by atoms with E-state index in [1.165, 1.54) is 49.4 Å². The average Bonchev–Trinajstić information content (AvgIpc) is 3.83. The van der Waals surface area contributed by atoms with E-state index in [1.807, 2.05) is 36.5 Å². The molecule has 0 amide bonds. The van der Waals surface area contributed by atoms with Gasteiger partial charge in [-0.3, -0.25) is 9.55 Å². The maximum Gasteiger partial charge on any atom is 0.162 e. The van der Waals surface area contributed by atoms with Gasteiger partial charge in [0, 0.05) is 34.2 Å². The minimum atomic E-state index is -0.544. The Morgan fingerprint density at radius 1 is 0.417 bits per heavy atom. The maximum absolute atomic E-state index is 5.30. The van der Waals surface area contributed by atoms with Crippen molar-refractivity contribution in [1.82, 2.24) is 19.5 Å². The Balaban J connectivity index is 1.10. The van der Waals surface area contributed by atoms with Crippen LogP contribution in [0.25, 0.3) is 83.3 Å². The number of pyridine rings is 1. The van der Waals surface area contributed by atoms with Gasteiger partial charge in [0.05, 0.1) is 27.8 Å². The van der Waals surface area contributed by atoms with Crippen molar-refractivity contribution in [2.24, 2.45) is 0 Å². The van der Waals surface area contributed by atoms with Crippen LogP contribution < -0.4 is 0 Å². The van der Waals surface area contributed by atoms with Crippen LogP contribution >= 0.6 is 0 Å². The molecule has 1 atom stereocenters. The SMILES string of the molecule is c1ccc(-c2cc(-n3c4ccc(-c5ccc6c(c5)-c5ccccc5C6(c5ccccc5)c5ccccn5)cc4c4c5ccccc5ccc43)nc(-c3ccccc3)n2)cc1. The molecule has 1 unspecified atom stereocenters. The Kier molecular flexibility index (Phi) is 7.72. The van der Waals surface area contributed by atoms with Gasteiger partial charge in [0.1, 0.15) is 5.82 Å². The molecule has 11 aromatic rings. The maximum atomic E-state index is 5.30. The molecular weight excluding hydrogens is 729 g/mol. The summed E-state index contributed by atoms with van der Waals surface area (Å²) in [7, 11) is 0. The van der Waals surface area contributed by atoms with Gasteiger partial charge >= 0.3 is 0 Å². The first-order valence-electron chi connectivity index (χ1n) is 20.4. The standard InChI is InChI=1S/C56H36N4/c1-4-17-38(18-5-1)49-36-53(59-55(58-49)39-19-6-2-7-20-39)60-50-31-29-41(35-46(50)54-43-23-11-10-16-37(43)28-32-51(54)60)40-27-30-48-45(34-40)44-24-12-13-25-47(44)56(48,42-21-8-3-9-22-42)52-26-14-15-33-57-52/h1-36H. The highest BCUT2D eigenvalue weighted by molar-refractivity contribution is 6.22. The van der Waals surface area contributed by atoms with E-state index in [4.69, 9.17) is 15.0 Å². The van der Waals surface area contributed by atoms with E-state index >= 15 is 0 Å². The third-order valence-corrected chi connectivity index (χ3v) is 12.3. The largest absolute Gasteiger partial charge is 0.294 e. The first-order valence-corrected chi connectivity index (χ1v) is 20.4. The number of hydrogen-bond acceptors (Lipinski definition) is 3. The van der Waals surface area contributed by atoms with Crippen LogP contribution in [0.5, 0.6) is 0 Å². The minimum absolute atomic E-state index is 0.544. The summed E-state index contributed by atoms with van der Waals surface area (Å²) in [6.45, 7) is 0. The van der Waals surface area contributed by atoms with Crippen LogP contribution in [-0.4, -0.2) is 19.5 Å². The van der Waals surface area contributed by atoms with Gasteiger partial charge in [0.2, 0.25) is 0 Å². The topological polar surface area (TPSA) is 43.6 Å². The third-order valence-electron chi connectivity index (χ3n) is 12.3. The van der Waals surface area contributed by atoms with Gasteiger partial charge in [-0.05, 0) is 86.1 Å². The predicted octanol–water partition coefficient (Wildman–Crippen LogP) is 13.5. The molecule has 0 saturated heterocycles. The van der Waals surface area contributed by atoms with E-state index in [0.717, 1.165) is 50.5 Å². The smallest absolute Gasteiger partial charge is 0.162 e. The molecule has 0 fully saturated rings. The van der Waals surface area contributed by atoms with Gasteiger partial charge in [-0.2, -0.15) is 0 Å². The van der Waals surface area contributed by atoms with Crippen molar-refractivity contribution in [1.29, 1.82) is 0 Å². The molecule has 8 aromatic carbocycles. The molecule has 0 saturated carbocycles. The van der Waals surface area contributed by atoms with Crippen LogP contribution in [0.15, 0.2) is 219 Å². The van der Waals surface area contributed by atoms with Crippen molar-refractivity contribution in [2.75, 3.05) is 0 Å². The van der Waals surface area contributed by atoms with Gasteiger partial charge in [-0.15, -0.1) is 0 Å². The fraction of sp³-hybridized carbons (Fsp3) is 0.0179. The van der Waals surface area contributed by atoms with Crippen molar-refractivity contribution in [3.8, 4) is 50.7 Å². The highest BCUT2D eigenvalue weighted by Crippen LogP contribution is 2.56. The van der Waals surface area contributed by atoms with Gasteiger partial charge in [0.15, 0.2) is 5.82 Å². The summed E-state index contributed by atoms with van der Waals surface area (Å²) in [5, 5.41) is 4.79. The van der Waals surface area contributed by atoms with E-state index in [1.54, 1.807) is 0 Å². The Morgan fingerprint density at radius 3 is 1.90 bits per heavy atom. The summed E-state index contributed by atoms with van der Waals surface area (Å²) in [4.78, 5) is 15.5. The van der Waals surface area contributed by atoms with Gasteiger partial charge in [-0.25, -0.2) is 9.97 Å². The quantitative estimate of drug-likeness (QED) is 0.169. The summed E-state index contributed by atoms with van der Waals surface area (Å²) in [5.74, 6) is 1.52. The van der Waals surface area contributed by atoms with Gasteiger partial charge in [0.25, 0.3) is 0 Å². The highest BCUT2D eigenvalue weighted by atomic mass is 15.1. The average molecular weight is 765 g/mol. The van der Waals surface area contributed by atoms with E-state index in [-0.39, 0.29) is 0 Å². The molecule has 0 radical (unpaired) electrons. The summed E-state index contributed by atoms with van der Waals surface area (Å²) in [6.07, 6.45) is 1.91. The molecule has 1 aliphatic rings. The monoisotopic (exact) mass is 764 g/mol. The lowest BCUT2D eigenvalue weighted by molar-refractivity contribution is 0.735.